The molecule has 4 aliphatic heterocycles. The second kappa shape index (κ2) is 7.27. The van der Waals surface area contributed by atoms with Crippen LogP contribution in [0.15, 0.2) is 48.5 Å². The van der Waals surface area contributed by atoms with E-state index in [2.05, 4.69) is 98.0 Å². The monoisotopic (exact) mass is 489 g/mol. The molecule has 4 unspecified atom stereocenters. The third kappa shape index (κ3) is 2.86. The van der Waals surface area contributed by atoms with Crippen molar-refractivity contribution in [3.63, 3.8) is 0 Å². The quantitative estimate of drug-likeness (QED) is 0.256. The molecule has 4 aromatic carbocycles. The number of hydrogen-bond donors (Lipinski definition) is 0. The van der Waals surface area contributed by atoms with Gasteiger partial charge in [0.2, 0.25) is 0 Å². The highest BCUT2D eigenvalue weighted by Crippen LogP contribution is 2.50. The van der Waals surface area contributed by atoms with Crippen LogP contribution < -0.4 is 14.3 Å². The first kappa shape index (κ1) is 22.0. The molecule has 0 aromatic heterocycles. The maximum Gasteiger partial charge on any atom is 0.159 e. The number of benzene rings is 4. The molecule has 0 radical (unpaired) electrons. The summed E-state index contributed by atoms with van der Waals surface area (Å²) >= 11 is 0. The molecule has 4 heteroatoms. The minimum absolute atomic E-state index is 0.649. The highest BCUT2D eigenvalue weighted by Gasteiger charge is 2.44. The van der Waals surface area contributed by atoms with Crippen LogP contribution in [0.4, 0.5) is 17.1 Å². The summed E-state index contributed by atoms with van der Waals surface area (Å²) in [6.07, 6.45) is 0. The van der Waals surface area contributed by atoms with Gasteiger partial charge in [0.15, 0.2) is 6.67 Å². The maximum absolute atomic E-state index is 2.66. The van der Waals surface area contributed by atoms with E-state index >= 15 is 0 Å². The van der Waals surface area contributed by atoms with Crippen molar-refractivity contribution in [2.75, 3.05) is 36.7 Å². The predicted octanol–water partition coefficient (Wildman–Crippen LogP) is 6.66. The summed E-state index contributed by atoms with van der Waals surface area (Å²) < 4.78 is 0.953. The molecular formula is C33H37N4+. The van der Waals surface area contributed by atoms with E-state index in [0.29, 0.717) is 12.0 Å². The molecule has 4 bridgehead atoms. The fourth-order valence-corrected chi connectivity index (χ4v) is 8.12. The number of aryl methyl sites for hydroxylation is 2. The van der Waals surface area contributed by atoms with E-state index in [-0.39, 0.29) is 0 Å². The first-order valence-electron chi connectivity index (χ1n) is 14.0. The SMILES string of the molecule is Cc1ccc2c3c(ccc2c1C)C[N+]1(C)CN3Cc2ccc3c4c(ccc3c21)CN1CN4CC(C)C1C. The van der Waals surface area contributed by atoms with E-state index in [9.17, 15) is 0 Å². The van der Waals surface area contributed by atoms with E-state index in [1.807, 2.05) is 0 Å². The van der Waals surface area contributed by atoms with Crippen LogP contribution >= 0.6 is 0 Å². The van der Waals surface area contributed by atoms with E-state index < -0.39 is 0 Å². The van der Waals surface area contributed by atoms with Crippen molar-refractivity contribution in [3.05, 3.63) is 76.3 Å². The molecule has 1 fully saturated rings. The number of rotatable bonds is 0. The van der Waals surface area contributed by atoms with Crippen molar-refractivity contribution in [2.45, 2.75) is 53.4 Å². The van der Waals surface area contributed by atoms with Crippen molar-refractivity contribution in [2.24, 2.45) is 5.92 Å². The van der Waals surface area contributed by atoms with Crippen LogP contribution in [0.1, 0.15) is 41.7 Å². The summed E-state index contributed by atoms with van der Waals surface area (Å²) in [4.78, 5) is 7.98. The van der Waals surface area contributed by atoms with Gasteiger partial charge in [-0.2, -0.15) is 0 Å². The fourth-order valence-electron chi connectivity index (χ4n) is 8.12. The van der Waals surface area contributed by atoms with Crippen LogP contribution in [0.5, 0.6) is 0 Å². The topological polar surface area (TPSA) is 9.72 Å². The Bertz CT molecular complexity index is 1640. The molecule has 4 aliphatic rings. The summed E-state index contributed by atoms with van der Waals surface area (Å²) in [5, 5.41) is 5.75. The van der Waals surface area contributed by atoms with Gasteiger partial charge in [0, 0.05) is 46.4 Å². The maximum atomic E-state index is 2.66. The van der Waals surface area contributed by atoms with Gasteiger partial charge in [-0.1, -0.05) is 49.4 Å². The molecule has 4 aromatic rings. The second-order valence-corrected chi connectivity index (χ2v) is 12.6. The lowest BCUT2D eigenvalue weighted by Gasteiger charge is -2.51. The van der Waals surface area contributed by atoms with Crippen molar-refractivity contribution in [1.29, 1.82) is 0 Å². The highest BCUT2D eigenvalue weighted by molar-refractivity contribution is 6.05. The van der Waals surface area contributed by atoms with E-state index in [0.717, 1.165) is 44.0 Å². The Morgan fingerprint density at radius 2 is 1.41 bits per heavy atom. The van der Waals surface area contributed by atoms with Gasteiger partial charge in [-0.25, -0.2) is 0 Å². The number of quaternary nitrogens is 1. The molecule has 0 amide bonds. The molecule has 0 spiro atoms. The third-order valence-electron chi connectivity index (χ3n) is 10.3. The van der Waals surface area contributed by atoms with E-state index in [4.69, 9.17) is 0 Å². The van der Waals surface area contributed by atoms with Crippen LogP contribution in [0, 0.1) is 19.8 Å². The second-order valence-electron chi connectivity index (χ2n) is 12.6. The van der Waals surface area contributed by atoms with Crippen molar-refractivity contribution in [1.82, 2.24) is 9.38 Å². The van der Waals surface area contributed by atoms with Gasteiger partial charge in [-0.05, 0) is 54.8 Å². The molecule has 1 saturated heterocycles. The zero-order valence-corrected chi connectivity index (χ0v) is 22.8. The van der Waals surface area contributed by atoms with Crippen molar-refractivity contribution < 1.29 is 0 Å². The lowest BCUT2D eigenvalue weighted by atomic mass is 9.89. The Hall–Kier alpha value is -3.08. The molecule has 8 rings (SSSR count). The zero-order chi connectivity index (χ0) is 25.2. The van der Waals surface area contributed by atoms with Gasteiger partial charge < -0.3 is 9.80 Å². The summed E-state index contributed by atoms with van der Waals surface area (Å²) in [6.45, 7) is 15.7. The van der Waals surface area contributed by atoms with Gasteiger partial charge in [0.05, 0.1) is 31.6 Å². The average Bonchev–Trinajstić information content (AvgIpc) is 2.88. The molecule has 4 heterocycles. The van der Waals surface area contributed by atoms with Gasteiger partial charge in [0.25, 0.3) is 0 Å². The summed E-state index contributed by atoms with van der Waals surface area (Å²) in [5.74, 6) is 0.689. The normalized spacial score (nSPS) is 27.8. The average molecular weight is 490 g/mol. The Labute approximate surface area is 220 Å². The fraction of sp³-hybridized carbons (Fsp3) is 0.394. The van der Waals surface area contributed by atoms with Crippen molar-refractivity contribution >= 4 is 38.6 Å². The standard InChI is InChI=1S/C33H37N4/c1-20-6-10-28-27(22(20)3)11-9-26-17-37(5)19-36(32(26)28)16-25-8-12-29-30(33(25)37)13-7-24-15-34-18-35(31(24)29)14-21(2)23(34)4/h6-13,21,23H,14-19H2,1-5H3/q+1. The Balaban J connectivity index is 1.30. The van der Waals surface area contributed by atoms with Gasteiger partial charge in [-0.15, -0.1) is 0 Å². The lowest BCUT2D eigenvalue weighted by Crippen LogP contribution is -2.58. The van der Waals surface area contributed by atoms with E-state index in [1.165, 1.54) is 60.7 Å². The van der Waals surface area contributed by atoms with Gasteiger partial charge >= 0.3 is 0 Å². The molecule has 0 N–H and O–H groups in total. The largest absolute Gasteiger partial charge is 0.357 e. The number of anilines is 2. The van der Waals surface area contributed by atoms with Crippen LogP contribution in [0.2, 0.25) is 0 Å². The lowest BCUT2D eigenvalue weighted by molar-refractivity contribution is 0.112. The number of nitrogens with zero attached hydrogens (tertiary/aromatic N) is 4. The predicted molar refractivity (Wildman–Crippen MR) is 156 cm³/mol. The Morgan fingerprint density at radius 1 is 0.730 bits per heavy atom. The molecule has 0 saturated carbocycles. The Kier molecular flexibility index (Phi) is 4.31. The summed E-state index contributed by atoms with van der Waals surface area (Å²) in [5.41, 5.74) is 11.8. The van der Waals surface area contributed by atoms with E-state index in [1.54, 1.807) is 5.69 Å². The first-order valence-corrected chi connectivity index (χ1v) is 14.0. The first-order chi connectivity index (χ1) is 17.8. The third-order valence-corrected chi connectivity index (χ3v) is 10.3. The van der Waals surface area contributed by atoms with Crippen LogP contribution in [0.25, 0.3) is 21.5 Å². The number of fused-ring (bicyclic) bond motifs is 15. The van der Waals surface area contributed by atoms with Crippen LogP contribution in [-0.2, 0) is 19.6 Å². The molecule has 188 valence electrons. The number of hydrogen-bond acceptors (Lipinski definition) is 3. The van der Waals surface area contributed by atoms with Gasteiger partial charge in [-0.3, -0.25) is 9.38 Å². The minimum Gasteiger partial charge on any atom is -0.357 e. The summed E-state index contributed by atoms with van der Waals surface area (Å²) in [6, 6.07) is 19.9. The molecular weight excluding hydrogens is 452 g/mol. The smallest absolute Gasteiger partial charge is 0.159 e. The molecule has 4 nitrogen and oxygen atoms in total. The Morgan fingerprint density at radius 3 is 2.27 bits per heavy atom. The minimum atomic E-state index is 0.649. The highest BCUT2D eigenvalue weighted by atomic mass is 15.5. The zero-order valence-electron chi connectivity index (χ0n) is 22.8. The van der Waals surface area contributed by atoms with Crippen LogP contribution in [-0.4, -0.2) is 37.9 Å². The molecule has 0 aliphatic carbocycles. The van der Waals surface area contributed by atoms with Crippen LogP contribution in [0.3, 0.4) is 0 Å². The summed E-state index contributed by atoms with van der Waals surface area (Å²) in [7, 11) is 2.46. The molecule has 4 atom stereocenters. The van der Waals surface area contributed by atoms with Crippen molar-refractivity contribution in [3.8, 4) is 0 Å². The van der Waals surface area contributed by atoms with Gasteiger partial charge in [0.1, 0.15) is 12.2 Å². The molecule has 37 heavy (non-hydrogen) atoms.